The summed E-state index contributed by atoms with van der Waals surface area (Å²) in [6.45, 7) is 7.56. The third-order valence-electron chi connectivity index (χ3n) is 2.45. The summed E-state index contributed by atoms with van der Waals surface area (Å²) in [5.41, 5.74) is 0. The van der Waals surface area contributed by atoms with E-state index in [9.17, 15) is 13.2 Å². The standard InChI is InChI=1S/C11H17ClN4O3S/c1-4-6-15(7-9(3)12)11(17)16-8-13-10(14-16)20(18,19)5-2/h8H,3-7H2,1-2H3. The van der Waals surface area contributed by atoms with Crippen LogP contribution in [0.1, 0.15) is 20.3 Å². The van der Waals surface area contributed by atoms with Crippen molar-refractivity contribution in [1.29, 1.82) is 0 Å². The summed E-state index contributed by atoms with van der Waals surface area (Å²) in [6, 6.07) is -0.487. The Kier molecular flexibility index (Phi) is 5.70. The molecule has 0 bridgehead atoms. The van der Waals surface area contributed by atoms with Crippen LogP contribution in [0, 0.1) is 0 Å². The zero-order valence-corrected chi connectivity index (χ0v) is 13.0. The van der Waals surface area contributed by atoms with Gasteiger partial charge in [-0.2, -0.15) is 4.68 Å². The highest BCUT2D eigenvalue weighted by atomic mass is 35.5. The topological polar surface area (TPSA) is 85.2 Å². The fourth-order valence-corrected chi connectivity index (χ4v) is 2.30. The number of rotatable bonds is 6. The molecule has 0 aliphatic rings. The number of carbonyl (C=O) groups is 1. The lowest BCUT2D eigenvalue weighted by atomic mass is 10.4. The normalized spacial score (nSPS) is 11.3. The highest BCUT2D eigenvalue weighted by molar-refractivity contribution is 7.91. The number of hydrogen-bond donors (Lipinski definition) is 0. The van der Waals surface area contributed by atoms with Gasteiger partial charge in [0.2, 0.25) is 9.84 Å². The summed E-state index contributed by atoms with van der Waals surface area (Å²) in [6.07, 6.45) is 1.81. The van der Waals surface area contributed by atoms with E-state index >= 15 is 0 Å². The van der Waals surface area contributed by atoms with E-state index in [2.05, 4.69) is 16.7 Å². The third kappa shape index (κ3) is 4.04. The smallest absolute Gasteiger partial charge is 0.318 e. The zero-order chi connectivity index (χ0) is 15.3. The van der Waals surface area contributed by atoms with Crippen molar-refractivity contribution in [3.05, 3.63) is 17.9 Å². The molecule has 0 fully saturated rings. The van der Waals surface area contributed by atoms with Crippen LogP contribution in [-0.2, 0) is 9.84 Å². The van der Waals surface area contributed by atoms with E-state index in [-0.39, 0.29) is 17.5 Å². The molecule has 0 aromatic carbocycles. The number of carbonyl (C=O) groups excluding carboxylic acids is 1. The van der Waals surface area contributed by atoms with Crippen LogP contribution in [0.3, 0.4) is 0 Å². The summed E-state index contributed by atoms with van der Waals surface area (Å²) in [4.78, 5) is 17.3. The number of halogens is 1. The average Bonchev–Trinajstić information content (AvgIpc) is 2.87. The molecule has 0 unspecified atom stereocenters. The first-order valence-corrected chi connectivity index (χ1v) is 8.11. The molecule has 1 aromatic rings. The summed E-state index contributed by atoms with van der Waals surface area (Å²) < 4.78 is 24.1. The molecule has 1 aromatic heterocycles. The summed E-state index contributed by atoms with van der Waals surface area (Å²) in [7, 11) is -3.53. The molecule has 20 heavy (non-hydrogen) atoms. The quantitative estimate of drug-likeness (QED) is 0.793. The molecule has 0 saturated carbocycles. The molecular formula is C11H17ClN4O3S. The molecule has 1 amide bonds. The first-order chi connectivity index (χ1) is 9.31. The maximum Gasteiger partial charge on any atom is 0.346 e. The number of nitrogens with zero attached hydrogens (tertiary/aromatic N) is 4. The molecule has 112 valence electrons. The van der Waals surface area contributed by atoms with Gasteiger partial charge in [0.1, 0.15) is 6.33 Å². The highest BCUT2D eigenvalue weighted by Crippen LogP contribution is 2.07. The Hall–Kier alpha value is -1.41. The second kappa shape index (κ2) is 6.85. The Balaban J connectivity index is 2.99. The van der Waals surface area contributed by atoms with Gasteiger partial charge in [-0.3, -0.25) is 0 Å². The van der Waals surface area contributed by atoms with Crippen LogP contribution in [0.5, 0.6) is 0 Å². The molecule has 0 aliphatic heterocycles. The minimum Gasteiger partial charge on any atom is -0.318 e. The van der Waals surface area contributed by atoms with Gasteiger partial charge in [0.25, 0.3) is 5.16 Å². The van der Waals surface area contributed by atoms with Gasteiger partial charge in [-0.1, -0.05) is 32.0 Å². The van der Waals surface area contributed by atoms with Gasteiger partial charge >= 0.3 is 6.03 Å². The van der Waals surface area contributed by atoms with Gasteiger partial charge in [0.15, 0.2) is 0 Å². The molecule has 0 radical (unpaired) electrons. The fraction of sp³-hybridized carbons (Fsp3) is 0.545. The molecular weight excluding hydrogens is 304 g/mol. The number of hydrogen-bond acceptors (Lipinski definition) is 5. The first kappa shape index (κ1) is 16.6. The van der Waals surface area contributed by atoms with Crippen molar-refractivity contribution in [3.8, 4) is 0 Å². The Morgan fingerprint density at radius 2 is 2.15 bits per heavy atom. The van der Waals surface area contributed by atoms with Crippen molar-refractivity contribution in [3.63, 3.8) is 0 Å². The van der Waals surface area contributed by atoms with Gasteiger partial charge in [-0.15, -0.1) is 5.10 Å². The van der Waals surface area contributed by atoms with E-state index < -0.39 is 15.9 Å². The summed E-state index contributed by atoms with van der Waals surface area (Å²) in [5, 5.41) is 3.68. The maximum atomic E-state index is 12.2. The largest absolute Gasteiger partial charge is 0.346 e. The minimum atomic E-state index is -3.53. The van der Waals surface area contributed by atoms with Gasteiger partial charge in [-0.25, -0.2) is 18.2 Å². The van der Waals surface area contributed by atoms with Crippen LogP contribution in [0.15, 0.2) is 23.1 Å². The van der Waals surface area contributed by atoms with E-state index in [4.69, 9.17) is 11.6 Å². The molecule has 0 N–H and O–H groups in total. The fourth-order valence-electron chi connectivity index (χ4n) is 1.48. The lowest BCUT2D eigenvalue weighted by Gasteiger charge is -2.20. The van der Waals surface area contributed by atoms with E-state index in [1.54, 1.807) is 0 Å². The third-order valence-corrected chi connectivity index (χ3v) is 4.07. The number of amides is 1. The Bertz CT molecular complexity index is 597. The predicted octanol–water partition coefficient (Wildman–Crippen LogP) is 1.50. The van der Waals surface area contributed by atoms with Crippen molar-refractivity contribution in [2.45, 2.75) is 25.4 Å². The van der Waals surface area contributed by atoms with Gasteiger partial charge in [0.05, 0.1) is 12.3 Å². The molecule has 0 atom stereocenters. The minimum absolute atomic E-state index is 0.123. The summed E-state index contributed by atoms with van der Waals surface area (Å²) >= 11 is 5.71. The van der Waals surface area contributed by atoms with Gasteiger partial charge in [-0.05, 0) is 6.42 Å². The molecule has 9 heteroatoms. The van der Waals surface area contributed by atoms with E-state index in [0.29, 0.717) is 11.6 Å². The molecule has 7 nitrogen and oxygen atoms in total. The average molecular weight is 321 g/mol. The van der Waals surface area contributed by atoms with Gasteiger partial charge in [0, 0.05) is 11.6 Å². The molecule has 0 aliphatic carbocycles. The first-order valence-electron chi connectivity index (χ1n) is 6.08. The number of aromatic nitrogens is 3. The number of sulfone groups is 1. The second-order valence-corrected chi connectivity index (χ2v) is 6.80. The van der Waals surface area contributed by atoms with E-state index in [1.165, 1.54) is 11.8 Å². The van der Waals surface area contributed by atoms with Crippen molar-refractivity contribution in [2.24, 2.45) is 0 Å². The van der Waals surface area contributed by atoms with Crippen LogP contribution in [0.4, 0.5) is 4.79 Å². The SMILES string of the molecule is C=C(Cl)CN(CCC)C(=O)n1cnc(S(=O)(=O)CC)n1. The monoisotopic (exact) mass is 320 g/mol. The molecule has 1 heterocycles. The van der Waals surface area contributed by atoms with Crippen LogP contribution in [0.25, 0.3) is 0 Å². The van der Waals surface area contributed by atoms with Crippen molar-refractivity contribution in [1.82, 2.24) is 19.7 Å². The van der Waals surface area contributed by atoms with Crippen LogP contribution in [-0.4, -0.2) is 53.0 Å². The van der Waals surface area contributed by atoms with Crippen molar-refractivity contribution < 1.29 is 13.2 Å². The summed E-state index contributed by atoms with van der Waals surface area (Å²) in [5.74, 6) is -0.123. The molecule has 0 spiro atoms. The molecule has 0 saturated heterocycles. The lowest BCUT2D eigenvalue weighted by Crippen LogP contribution is -2.36. The predicted molar refractivity (Wildman–Crippen MR) is 75.4 cm³/mol. The van der Waals surface area contributed by atoms with Crippen LogP contribution < -0.4 is 0 Å². The van der Waals surface area contributed by atoms with E-state index in [0.717, 1.165) is 17.4 Å². The van der Waals surface area contributed by atoms with Crippen molar-refractivity contribution in [2.75, 3.05) is 18.8 Å². The second-order valence-electron chi connectivity index (χ2n) is 4.10. The van der Waals surface area contributed by atoms with Crippen molar-refractivity contribution >= 4 is 27.5 Å². The Labute approximate surface area is 123 Å². The Morgan fingerprint density at radius 1 is 1.50 bits per heavy atom. The van der Waals surface area contributed by atoms with Crippen LogP contribution in [0.2, 0.25) is 0 Å². The van der Waals surface area contributed by atoms with E-state index in [1.807, 2.05) is 6.92 Å². The maximum absolute atomic E-state index is 12.2. The van der Waals surface area contributed by atoms with Crippen LogP contribution >= 0.6 is 11.6 Å². The lowest BCUT2D eigenvalue weighted by molar-refractivity contribution is 0.201. The Morgan fingerprint density at radius 3 is 2.65 bits per heavy atom. The molecule has 1 rings (SSSR count). The van der Waals surface area contributed by atoms with Gasteiger partial charge < -0.3 is 4.90 Å². The highest BCUT2D eigenvalue weighted by Gasteiger charge is 2.22. The zero-order valence-electron chi connectivity index (χ0n) is 11.4.